The smallest absolute Gasteiger partial charge is 0.242 e. The number of hydrogen-bond donors (Lipinski definition) is 22. The lowest BCUT2D eigenvalue weighted by molar-refractivity contribution is -0.331. The third kappa shape index (κ3) is 25.0. The van der Waals surface area contributed by atoms with Crippen molar-refractivity contribution in [3.63, 3.8) is 0 Å². The van der Waals surface area contributed by atoms with Crippen molar-refractivity contribution in [2.24, 2.45) is 5.84 Å². The van der Waals surface area contributed by atoms with Gasteiger partial charge in [-0.05, 0) is 32.1 Å². The number of ether oxygens (including phenoxy) is 8. The Bertz CT molecular complexity index is 2830. The van der Waals surface area contributed by atoms with Crippen LogP contribution in [-0.4, -0.2) is 330 Å². The van der Waals surface area contributed by atoms with Gasteiger partial charge in [-0.15, -0.1) is 10.2 Å². The van der Waals surface area contributed by atoms with Crippen molar-refractivity contribution >= 4 is 41.4 Å². The van der Waals surface area contributed by atoms with Gasteiger partial charge in [0.05, 0.1) is 78.2 Å². The number of nitrogens with one attached hydrogen (secondary N) is 7. The minimum atomic E-state index is -1.78. The number of unbranched alkanes of at least 4 members (excludes halogenated alkanes) is 2. The maximum atomic E-state index is 13.4. The van der Waals surface area contributed by atoms with E-state index < -0.39 is 197 Å². The van der Waals surface area contributed by atoms with Crippen molar-refractivity contribution in [2.45, 2.75) is 232 Å². The van der Waals surface area contributed by atoms with E-state index in [2.05, 4.69) is 52.5 Å². The zero-order chi connectivity index (χ0) is 72.5. The Hall–Kier alpha value is -6.35. The van der Waals surface area contributed by atoms with Gasteiger partial charge in [0.15, 0.2) is 25.2 Å². The highest BCUT2D eigenvalue weighted by atomic mass is 16.7. The van der Waals surface area contributed by atoms with Crippen molar-refractivity contribution in [3.05, 3.63) is 23.8 Å². The molecule has 0 aromatic carbocycles. The summed E-state index contributed by atoms with van der Waals surface area (Å²) in [7, 11) is 0. The molecule has 0 bridgehead atoms. The molecule has 2 aromatic rings. The molecule has 562 valence electrons. The first-order valence-electron chi connectivity index (χ1n) is 32.1. The summed E-state index contributed by atoms with van der Waals surface area (Å²) in [6.07, 6.45) is -28.4. The van der Waals surface area contributed by atoms with E-state index in [0.717, 1.165) is 0 Å². The van der Waals surface area contributed by atoms with Crippen molar-refractivity contribution in [1.29, 1.82) is 0 Å². The average Bonchev–Trinajstić information content (AvgIpc) is 1.22. The number of nitrogens with two attached hydrogens (primary N) is 1. The Morgan fingerprint density at radius 3 is 1.26 bits per heavy atom. The Balaban J connectivity index is 0.888. The van der Waals surface area contributed by atoms with E-state index in [1.165, 1.54) is 28.7 Å². The molecule has 43 heteroatoms. The highest BCUT2D eigenvalue weighted by Gasteiger charge is 2.50. The van der Waals surface area contributed by atoms with Gasteiger partial charge < -0.3 is 141 Å². The fraction of sp³-hybridized carbons (Fsp3) is 0.804. The molecule has 99 heavy (non-hydrogen) atoms. The molecule has 2 aromatic heterocycles. The number of aliphatic hydroxyl groups is 14. The van der Waals surface area contributed by atoms with Crippen molar-refractivity contribution in [2.75, 3.05) is 52.7 Å². The van der Waals surface area contributed by atoms with Gasteiger partial charge in [-0.2, -0.15) is 0 Å². The number of amides is 7. The predicted molar refractivity (Wildman–Crippen MR) is 322 cm³/mol. The summed E-state index contributed by atoms with van der Waals surface area (Å²) < 4.78 is 46.6. The summed E-state index contributed by atoms with van der Waals surface area (Å²) in [5, 5.41) is 174. The van der Waals surface area contributed by atoms with Crippen LogP contribution >= 0.6 is 0 Å². The van der Waals surface area contributed by atoms with Gasteiger partial charge in [0.2, 0.25) is 41.4 Å². The summed E-state index contributed by atoms with van der Waals surface area (Å²) in [5.74, 6) is 1.29. The van der Waals surface area contributed by atoms with E-state index in [1.54, 1.807) is 0 Å². The van der Waals surface area contributed by atoms with Gasteiger partial charge in [-0.25, -0.2) is 15.2 Å². The van der Waals surface area contributed by atoms with Crippen molar-refractivity contribution in [3.8, 4) is 0 Å². The number of carbonyl (C=O) groups is 7. The number of hydrazine groups is 1. The third-order valence-corrected chi connectivity index (χ3v) is 16.3. The Morgan fingerprint density at radius 2 is 0.848 bits per heavy atom. The number of aliphatic hydroxyl groups excluding tert-OH is 14. The van der Waals surface area contributed by atoms with Crippen LogP contribution in [0.2, 0.25) is 0 Å². The van der Waals surface area contributed by atoms with Crippen LogP contribution in [0.4, 0.5) is 0 Å². The monoisotopic (exact) mass is 1430 g/mol. The highest BCUT2D eigenvalue weighted by Crippen LogP contribution is 2.28. The maximum absolute atomic E-state index is 13.4. The Kier molecular flexibility index (Phi) is 33.7. The fourth-order valence-electron chi connectivity index (χ4n) is 10.5. The highest BCUT2D eigenvalue weighted by molar-refractivity contribution is 5.89. The molecule has 7 amide bonds. The molecule has 22 atom stereocenters. The minimum absolute atomic E-state index is 0.00597. The van der Waals surface area contributed by atoms with Crippen molar-refractivity contribution < 1.29 is 143 Å². The first-order chi connectivity index (χ1) is 47.2. The summed E-state index contributed by atoms with van der Waals surface area (Å²) >= 11 is 0. The summed E-state index contributed by atoms with van der Waals surface area (Å²) in [4.78, 5) is 89.5. The van der Waals surface area contributed by atoms with Crippen LogP contribution in [0.1, 0.15) is 82.5 Å². The maximum Gasteiger partial charge on any atom is 0.242 e. The van der Waals surface area contributed by atoms with E-state index in [1.807, 2.05) is 5.43 Å². The molecule has 6 rings (SSSR count). The molecule has 43 nitrogen and oxygen atoms in total. The molecule has 0 spiro atoms. The minimum Gasteiger partial charge on any atom is -0.394 e. The number of carbonyl (C=O) groups excluding carboxylic acids is 7. The number of nitrogens with zero attached hydrogens (tertiary/aromatic N) is 6. The first kappa shape index (κ1) is 81.6. The van der Waals surface area contributed by atoms with Crippen LogP contribution in [0.15, 0.2) is 12.4 Å². The van der Waals surface area contributed by atoms with Crippen LogP contribution in [0.25, 0.3) is 0 Å². The lowest BCUT2D eigenvalue weighted by Crippen LogP contribution is -2.61. The lowest BCUT2D eigenvalue weighted by atomic mass is 9.98. The van der Waals surface area contributed by atoms with E-state index in [-0.39, 0.29) is 103 Å². The molecule has 6 heterocycles. The van der Waals surface area contributed by atoms with Crippen LogP contribution in [0.3, 0.4) is 0 Å². The molecule has 0 aliphatic carbocycles. The molecule has 2 unspecified atom stereocenters. The van der Waals surface area contributed by atoms with Gasteiger partial charge in [-0.1, -0.05) is 16.8 Å². The van der Waals surface area contributed by atoms with E-state index in [9.17, 15) is 105 Å². The molecule has 4 aliphatic heterocycles. The van der Waals surface area contributed by atoms with E-state index >= 15 is 0 Å². The molecule has 0 saturated carbocycles. The second kappa shape index (κ2) is 40.9. The zero-order valence-electron chi connectivity index (χ0n) is 54.1. The van der Waals surface area contributed by atoms with Gasteiger partial charge in [0.1, 0.15) is 121 Å². The second-order valence-electron chi connectivity index (χ2n) is 23.8. The van der Waals surface area contributed by atoms with Gasteiger partial charge in [-0.3, -0.25) is 39.0 Å². The topological polar surface area (TPSA) is 648 Å². The molecular weight excluding hydrogens is 1330 g/mol. The molecule has 4 saturated heterocycles. The lowest BCUT2D eigenvalue weighted by Gasteiger charge is -2.42. The quantitative estimate of drug-likeness (QED) is 0.0127. The second-order valence-corrected chi connectivity index (χ2v) is 23.8. The molecule has 4 fully saturated rings. The third-order valence-electron chi connectivity index (χ3n) is 16.3. The number of rotatable bonds is 40. The van der Waals surface area contributed by atoms with Crippen LogP contribution < -0.4 is 43.2 Å². The fourth-order valence-corrected chi connectivity index (χ4v) is 10.5. The summed E-state index contributed by atoms with van der Waals surface area (Å²) in [5.41, 5.74) is 2.62. The van der Waals surface area contributed by atoms with E-state index in [4.69, 9.17) is 43.7 Å². The number of hydrogen-bond acceptors (Lipinski definition) is 34. The Labute approximate surface area is 564 Å². The van der Waals surface area contributed by atoms with Gasteiger partial charge in [0, 0.05) is 45.7 Å². The molecule has 23 N–H and O–H groups in total. The molecule has 0 radical (unpaired) electrons. The zero-order valence-corrected chi connectivity index (χ0v) is 54.1. The molecular formula is C56H94N14O29. The average molecular weight is 1430 g/mol. The normalized spacial score (nSPS) is 30.7. The standard InChI is InChI=1S/C56H94N14O29/c1-26(73)62-29(8-10-35(74)60-18-27-20-69(67-65-27)14-16-92-53-47(86)45(84)41(80)33(98-53)24-94-55-49(88)43(82)39(78)31(22-71)96-55)51(90)59-13-5-7-37(76)63-30(52(91)58-12-4-2-3-6-38(77)64-57)9-11-36(75)61-19-28-21-70(68-66-28)15-17-93-54-48(87)46(85)42(81)34(99-54)25-95-56-50(89)44(83)40(79)32(23-72)97-56/h20-21,29-34,39-50,53-56,71-72,78-89H,2-19,22-25,57H2,1H3,(H,58,91)(H,59,90)(H,60,74)(H,61,75)(H,62,73)(H,63,76)(H,64,77)/t29?,30?,31-,32-,33-,34-,39-,40-,41-,42-,43+,44+,45+,46+,47+,48+,49+,50+,53+,54+,55+,56+/m1/s1. The van der Waals surface area contributed by atoms with Gasteiger partial charge in [0.25, 0.3) is 0 Å². The predicted octanol–water partition coefficient (Wildman–Crippen LogP) is -12.8. The summed E-state index contributed by atoms with van der Waals surface area (Å²) in [6.45, 7) is -1.86. The van der Waals surface area contributed by atoms with Crippen LogP contribution in [0, 0.1) is 0 Å². The van der Waals surface area contributed by atoms with Gasteiger partial charge >= 0.3 is 0 Å². The van der Waals surface area contributed by atoms with Crippen LogP contribution in [0.5, 0.6) is 0 Å². The number of aromatic nitrogens is 6. The SMILES string of the molecule is CC(=O)NC(CCC(=O)NCc1cn(CCO[C@H]2O[C@H](CO[C@H]3O[C@H](CO)[C@@H](O)[C@H](O)[C@@H]3O)[C@@H](O)[C@H](O)[C@@H]2O)nn1)C(=O)NCCCC(=O)NC(CCC(=O)NCc1cn(CCO[C@H]2O[C@H](CO[C@H]3O[C@H](CO)[C@@H](O)[C@H](O)[C@@H]3O)[C@@H](O)[C@H](O)[C@@H]2O)nn1)C(=O)NCCCCCC(=O)NN. The Morgan fingerprint density at radius 1 is 0.465 bits per heavy atom. The summed E-state index contributed by atoms with van der Waals surface area (Å²) in [6, 6.07) is -2.36. The van der Waals surface area contributed by atoms with Crippen LogP contribution in [-0.2, 0) is 97.6 Å². The van der Waals surface area contributed by atoms with Crippen molar-refractivity contribution in [1.82, 2.24) is 67.3 Å². The molecule has 4 aliphatic rings. The largest absolute Gasteiger partial charge is 0.394 e. The van der Waals surface area contributed by atoms with E-state index in [0.29, 0.717) is 30.7 Å². The first-order valence-corrected chi connectivity index (χ1v) is 32.1.